The molecule has 0 spiro atoms. The van der Waals surface area contributed by atoms with Gasteiger partial charge in [0.15, 0.2) is 15.9 Å². The van der Waals surface area contributed by atoms with Crippen molar-refractivity contribution in [1.82, 2.24) is 59.6 Å². The summed E-state index contributed by atoms with van der Waals surface area (Å²) in [5.41, 5.74) is 19.8. The SMILES string of the molecule is CCN(CC)CCN1CCCCc2[nH]c(/C=C3\C(=O)Nc4ccc(Br)cc43)c(C)c2C1=O.CCN(CC)CCN1CCCc2[nH]c(/C=C3\C(=O)Nc4ccc(F)cc43)c(C)c2C1=O.CNCCN1CCCc2[nH]c(/C=C3\C(=O)Nc4ccc(F)cc43)c(C)c2C1=O.Cc1c(/C=C2\C(=O)Nc3ccc(S(=O)(=O)Cc4c(Cl)cccc4Cl)cc32)[nH]c2c1C(=O)N(CCN1CCOCC1)CCC2.O=C(O)C[C@H](O)C(=O)O. The number of benzene rings is 5. The van der Waals surface area contributed by atoms with E-state index in [0.717, 1.165) is 233 Å². The van der Waals surface area contributed by atoms with Crippen molar-refractivity contribution in [2.45, 2.75) is 136 Å². The number of carbonyl (C=O) groups is 10. The zero-order valence-electron chi connectivity index (χ0n) is 81.5. The molecule has 5 aromatic carbocycles. The molecule has 0 bridgehead atoms. The smallest absolute Gasteiger partial charge is 0.333 e. The van der Waals surface area contributed by atoms with E-state index in [1.54, 1.807) is 54.6 Å². The van der Waals surface area contributed by atoms with Crippen molar-refractivity contribution in [2.75, 3.05) is 159 Å². The Morgan fingerprint density at radius 1 is 0.483 bits per heavy atom. The first kappa shape index (κ1) is 106. The minimum absolute atomic E-state index is 0.0120. The van der Waals surface area contributed by atoms with Crippen molar-refractivity contribution >= 4 is 178 Å². The van der Waals surface area contributed by atoms with Crippen LogP contribution in [-0.2, 0) is 74.8 Å². The lowest BCUT2D eigenvalue weighted by Crippen LogP contribution is -2.43. The summed E-state index contributed by atoms with van der Waals surface area (Å²) in [5, 5.41) is 39.0. The van der Waals surface area contributed by atoms with E-state index in [4.69, 9.17) is 43.3 Å². The number of ether oxygens (including phenoxy) is 1. The average Bonchev–Trinajstić information content (AvgIpc) is 1.63. The summed E-state index contributed by atoms with van der Waals surface area (Å²) >= 11 is 16.0. The number of rotatable bonds is 26. The number of carbonyl (C=O) groups excluding carboxylic acids is 8. The summed E-state index contributed by atoms with van der Waals surface area (Å²) in [5.74, 6) is -4.86. The first-order valence-electron chi connectivity index (χ1n) is 48.4. The van der Waals surface area contributed by atoms with Crippen LogP contribution in [0.15, 0.2) is 100 Å². The van der Waals surface area contributed by atoms with Crippen LogP contribution in [0.2, 0.25) is 10.0 Å². The Morgan fingerprint density at radius 2 is 0.839 bits per heavy atom. The molecule has 8 amide bonds. The Bertz CT molecular complexity index is 6660. The highest BCUT2D eigenvalue weighted by Gasteiger charge is 2.38. The molecule has 1 saturated heterocycles. The van der Waals surface area contributed by atoms with Crippen molar-refractivity contribution in [3.8, 4) is 0 Å². The number of anilines is 4. The zero-order valence-corrected chi connectivity index (χ0v) is 85.5. The van der Waals surface area contributed by atoms with Crippen LogP contribution in [-0.4, -0.2) is 281 Å². The second kappa shape index (κ2) is 47.4. The minimum Gasteiger partial charge on any atom is -0.481 e. The number of H-pyrrole nitrogens is 4. The van der Waals surface area contributed by atoms with Gasteiger partial charge in [-0.3, -0.25) is 48.1 Å². The van der Waals surface area contributed by atoms with Crippen LogP contribution in [0, 0.1) is 39.3 Å². The number of nitrogens with zero attached hydrogens (tertiary/aromatic N) is 7. The molecule has 32 nitrogen and oxygen atoms in total. The number of fused-ring (bicyclic) bond motifs is 8. The molecule has 18 rings (SSSR count). The number of aromatic amines is 4. The molecular weight excluding hydrogens is 1960 g/mol. The van der Waals surface area contributed by atoms with Crippen molar-refractivity contribution in [3.63, 3.8) is 0 Å². The zero-order chi connectivity index (χ0) is 103. The van der Waals surface area contributed by atoms with Crippen molar-refractivity contribution in [1.29, 1.82) is 0 Å². The molecule has 0 radical (unpaired) electrons. The number of sulfone groups is 1. The highest BCUT2D eigenvalue weighted by molar-refractivity contribution is 9.10. The maximum absolute atomic E-state index is 13.8. The molecular formula is C105H121BrCl2F2N16O16S. The van der Waals surface area contributed by atoms with E-state index in [1.807, 2.05) is 78.6 Å². The Balaban J connectivity index is 0.000000149. The molecule has 0 saturated carbocycles. The molecule has 0 aliphatic carbocycles. The van der Waals surface area contributed by atoms with Gasteiger partial charge in [0, 0.05) is 202 Å². The van der Waals surface area contributed by atoms with E-state index in [9.17, 15) is 65.1 Å². The van der Waals surface area contributed by atoms with E-state index in [2.05, 4.69) is 105 Å². The molecule has 4 aromatic heterocycles. The topological polar surface area (TPSA) is 421 Å². The van der Waals surface area contributed by atoms with Crippen LogP contribution < -0.4 is 26.6 Å². The Morgan fingerprint density at radius 3 is 1.22 bits per heavy atom. The molecule has 1 fully saturated rings. The average molecular weight is 2080 g/mol. The van der Waals surface area contributed by atoms with E-state index in [1.165, 1.54) is 36.4 Å². The van der Waals surface area contributed by atoms with Gasteiger partial charge in [-0.2, -0.15) is 0 Å². The van der Waals surface area contributed by atoms with E-state index in [-0.39, 0.29) is 73.8 Å². The number of halogens is 5. The summed E-state index contributed by atoms with van der Waals surface area (Å²) in [4.78, 5) is 152. The summed E-state index contributed by atoms with van der Waals surface area (Å²) in [7, 11) is -1.97. The van der Waals surface area contributed by atoms with E-state index < -0.39 is 40.1 Å². The fourth-order valence-corrected chi connectivity index (χ4v) is 21.6. The van der Waals surface area contributed by atoms with Crippen LogP contribution in [0.3, 0.4) is 0 Å². The predicted octanol–water partition coefficient (Wildman–Crippen LogP) is 14.7. The van der Waals surface area contributed by atoms with Gasteiger partial charge in [0.1, 0.15) is 11.6 Å². The second-order valence-corrected chi connectivity index (χ2v) is 40.1. The molecule has 38 heteroatoms. The fraction of sp³-hybridized carbons (Fsp3) is 0.390. The van der Waals surface area contributed by atoms with Crippen molar-refractivity contribution in [3.05, 3.63) is 235 Å². The molecule has 143 heavy (non-hydrogen) atoms. The summed E-state index contributed by atoms with van der Waals surface area (Å²) in [6.07, 6.45) is 12.3. The first-order valence-corrected chi connectivity index (χ1v) is 51.6. The molecule has 758 valence electrons. The van der Waals surface area contributed by atoms with Crippen LogP contribution in [0.5, 0.6) is 0 Å². The monoisotopic (exact) mass is 2080 g/mol. The lowest BCUT2D eigenvalue weighted by Gasteiger charge is -2.29. The Labute approximate surface area is 847 Å². The maximum Gasteiger partial charge on any atom is 0.333 e. The van der Waals surface area contributed by atoms with Crippen LogP contribution in [0.1, 0.15) is 203 Å². The van der Waals surface area contributed by atoms with Gasteiger partial charge in [0.25, 0.3) is 47.3 Å². The molecule has 1 atom stereocenters. The lowest BCUT2D eigenvalue weighted by molar-refractivity contribution is -0.152. The summed E-state index contributed by atoms with van der Waals surface area (Å²) in [6.45, 7) is 32.3. The van der Waals surface area contributed by atoms with Gasteiger partial charge in [-0.15, -0.1) is 0 Å². The summed E-state index contributed by atoms with van der Waals surface area (Å²) < 4.78 is 60.6. The van der Waals surface area contributed by atoms with Gasteiger partial charge in [-0.05, 0) is 250 Å². The first-order chi connectivity index (χ1) is 68.5. The number of aliphatic carboxylic acids is 2. The molecule has 0 unspecified atom stereocenters. The number of carboxylic acid groups (broad SMARTS) is 2. The standard InChI is InChI=1S/C31H32Cl2N4O5S.C25H31BrN4O2.C24H29FN4O2.C21H23FN4O2.C4H6O5/c1-19-28(34-27-6-3-9-37(31(39)29(19)27)11-10-36-12-14-42-15-13-36)17-22-21-16-20(7-8-26(21)35-30(22)38)43(40,41)18-23-24(32)4-2-5-25(23)33;1-4-29(5-2)12-13-30-11-7-6-8-21-23(25(30)32)16(3)22(27-21)15-19-18-14-17(26)9-10-20(18)28-24(19)31;1-4-28(5-2)11-12-29-10-6-7-20-22(24(29)31)15(3)21(26-20)14-18-17-13-16(25)8-9-19(17)27-23(18)30;1-12-18(11-15-14-10-13(22)5-6-16(14)25-20(15)27)24-17-4-3-8-26(9-7-23-2)21(28)19(12)17;5-2(4(8)9)1-3(6)7/h2,4-5,7-8,16-17,34H,3,6,9-15,18H2,1H3,(H,35,38);9-10,14-15,27H,4-8,11-13H2,1-3H3,(H,28,31);8-9,13-14,26H,4-7,10-12H2,1-3H3,(H,27,30);5-6,10-11,23-24H,3-4,7-9H2,1-2H3,(H,25,27);2,5H,1H2,(H,6,7)(H,8,9)/b22-17-;19-15-;18-14-;15-11-;/t;;;;2-/m....0/s1. The number of amides is 8. The molecule has 13 heterocycles. The number of morpholine rings is 1. The predicted molar refractivity (Wildman–Crippen MR) is 553 cm³/mol. The van der Waals surface area contributed by atoms with Gasteiger partial charge in [-0.1, -0.05) is 72.9 Å². The number of aliphatic hydroxyl groups is 1. The fourth-order valence-electron chi connectivity index (χ4n) is 19.2. The third kappa shape index (κ3) is 24.6. The van der Waals surface area contributed by atoms with Gasteiger partial charge in [0.2, 0.25) is 0 Å². The molecule has 9 aromatic rings. The van der Waals surface area contributed by atoms with Crippen LogP contribution >= 0.6 is 39.1 Å². The normalized spacial score (nSPS) is 17.4. The minimum atomic E-state index is -3.84. The molecule has 12 N–H and O–H groups in total. The highest BCUT2D eigenvalue weighted by atomic mass is 79.9. The van der Waals surface area contributed by atoms with Crippen LogP contribution in [0.4, 0.5) is 31.5 Å². The van der Waals surface area contributed by atoms with Gasteiger partial charge in [-0.25, -0.2) is 22.0 Å². The van der Waals surface area contributed by atoms with Gasteiger partial charge < -0.3 is 96.0 Å². The Hall–Kier alpha value is -12.5. The van der Waals surface area contributed by atoms with Gasteiger partial charge in [0.05, 0.1) is 74.8 Å². The molecule has 9 aliphatic heterocycles. The number of nitrogens with one attached hydrogen (secondary N) is 9. The number of hydrogen-bond acceptors (Lipinski definition) is 18. The largest absolute Gasteiger partial charge is 0.481 e. The number of carboxylic acids is 2. The number of aryl methyl sites for hydroxylation is 4. The van der Waals surface area contributed by atoms with Crippen molar-refractivity contribution < 1.29 is 85.2 Å². The lowest BCUT2D eigenvalue weighted by atomic mass is 10.0. The number of aromatic nitrogens is 4. The number of hydrogen-bond donors (Lipinski definition) is 12. The van der Waals surface area contributed by atoms with Crippen LogP contribution in [0.25, 0.3) is 46.6 Å². The highest BCUT2D eigenvalue weighted by Crippen LogP contribution is 2.43. The van der Waals surface area contributed by atoms with Crippen molar-refractivity contribution in [2.24, 2.45) is 0 Å². The maximum atomic E-state index is 13.8. The summed E-state index contributed by atoms with van der Waals surface area (Å²) in [6, 6.07) is 23.7. The quantitative estimate of drug-likeness (QED) is 0.0224. The van der Waals surface area contributed by atoms with E-state index >= 15 is 0 Å². The third-order valence-electron chi connectivity index (χ3n) is 27.4. The second-order valence-electron chi connectivity index (χ2n) is 36.4. The van der Waals surface area contributed by atoms with Gasteiger partial charge >= 0.3 is 11.9 Å². The Kier molecular flexibility index (Phi) is 35.2. The molecule has 9 aliphatic rings. The number of likely N-dealkylation sites (N-methyl/N-ethyl adjacent to an activating group) is 3. The number of aliphatic hydroxyl groups excluding tert-OH is 1. The third-order valence-corrected chi connectivity index (χ3v) is 30.2. The van der Waals surface area contributed by atoms with E-state index in [0.29, 0.717) is 123 Å².